The van der Waals surface area contributed by atoms with E-state index in [-0.39, 0.29) is 5.92 Å². The molecule has 18 heavy (non-hydrogen) atoms. The van der Waals surface area contributed by atoms with Gasteiger partial charge in [-0.15, -0.1) is 0 Å². The largest absolute Gasteiger partial charge is 0.416 e. The van der Waals surface area contributed by atoms with Crippen LogP contribution < -0.4 is 11.1 Å². The second-order valence-electron chi connectivity index (χ2n) is 4.76. The van der Waals surface area contributed by atoms with Crippen molar-refractivity contribution in [3.63, 3.8) is 0 Å². The van der Waals surface area contributed by atoms with Crippen molar-refractivity contribution in [3.05, 3.63) is 0 Å². The van der Waals surface area contributed by atoms with E-state index in [0.717, 1.165) is 12.8 Å². The van der Waals surface area contributed by atoms with Gasteiger partial charge in [0.25, 0.3) is 0 Å². The van der Waals surface area contributed by atoms with Gasteiger partial charge in [0.2, 0.25) is 5.91 Å². The lowest BCUT2D eigenvalue weighted by Crippen LogP contribution is -2.43. The molecular weight excluding hydrogens is 249 g/mol. The van der Waals surface area contributed by atoms with Crippen LogP contribution >= 0.6 is 0 Å². The van der Waals surface area contributed by atoms with E-state index in [4.69, 9.17) is 10.8 Å². The van der Waals surface area contributed by atoms with Crippen LogP contribution in [0.5, 0.6) is 0 Å². The van der Waals surface area contributed by atoms with Crippen molar-refractivity contribution in [2.45, 2.75) is 38.0 Å². The predicted molar refractivity (Wildman–Crippen MR) is 59.6 cm³/mol. The molecule has 0 aromatic heterocycles. The van der Waals surface area contributed by atoms with Gasteiger partial charge < -0.3 is 16.2 Å². The SMILES string of the molecule is NCC1CCC(C(=O)NCC(O)C(F)(F)F)CC1. The number of aliphatic hydroxyl groups excluding tert-OH is 1. The molecule has 7 heteroatoms. The first-order valence-electron chi connectivity index (χ1n) is 6.07. The standard InChI is InChI=1S/C11H19F3N2O2/c12-11(13,14)9(17)6-16-10(18)8-3-1-7(5-15)2-4-8/h7-9,17H,1-6,15H2,(H,16,18). The smallest absolute Gasteiger partial charge is 0.382 e. The number of nitrogens with two attached hydrogens (primary N) is 1. The van der Waals surface area contributed by atoms with Gasteiger partial charge in [0.1, 0.15) is 0 Å². The van der Waals surface area contributed by atoms with Crippen LogP contribution in [0.15, 0.2) is 0 Å². The van der Waals surface area contributed by atoms with E-state index in [2.05, 4.69) is 5.32 Å². The first-order chi connectivity index (χ1) is 8.34. The third-order valence-corrected chi connectivity index (χ3v) is 3.40. The Morgan fingerprint density at radius 2 is 1.89 bits per heavy atom. The van der Waals surface area contributed by atoms with E-state index < -0.39 is 24.7 Å². The van der Waals surface area contributed by atoms with Gasteiger partial charge in [-0.2, -0.15) is 13.2 Å². The molecule has 1 atom stereocenters. The molecule has 0 aromatic rings. The monoisotopic (exact) mass is 268 g/mol. The molecule has 0 aromatic carbocycles. The number of hydrogen-bond acceptors (Lipinski definition) is 3. The van der Waals surface area contributed by atoms with Gasteiger partial charge in [-0.3, -0.25) is 4.79 Å². The molecule has 4 nitrogen and oxygen atoms in total. The molecule has 0 saturated heterocycles. The van der Waals surface area contributed by atoms with Crippen molar-refractivity contribution in [2.24, 2.45) is 17.6 Å². The maximum absolute atomic E-state index is 12.0. The van der Waals surface area contributed by atoms with Gasteiger partial charge in [-0.05, 0) is 38.1 Å². The molecule has 1 aliphatic carbocycles. The molecule has 1 fully saturated rings. The van der Waals surface area contributed by atoms with Gasteiger partial charge in [-0.1, -0.05) is 0 Å². The van der Waals surface area contributed by atoms with Crippen LogP contribution in [0.1, 0.15) is 25.7 Å². The second kappa shape index (κ2) is 6.38. The Kier molecular flexibility index (Phi) is 5.40. The highest BCUT2D eigenvalue weighted by Crippen LogP contribution is 2.28. The van der Waals surface area contributed by atoms with Crippen LogP contribution in [0, 0.1) is 11.8 Å². The zero-order valence-electron chi connectivity index (χ0n) is 10.0. The average molecular weight is 268 g/mol. The molecule has 1 aliphatic rings. The van der Waals surface area contributed by atoms with E-state index in [1.165, 1.54) is 0 Å². The summed E-state index contributed by atoms with van der Waals surface area (Å²) in [6.07, 6.45) is -4.23. The summed E-state index contributed by atoms with van der Waals surface area (Å²) >= 11 is 0. The van der Waals surface area contributed by atoms with E-state index in [1.807, 2.05) is 0 Å². The number of nitrogens with one attached hydrogen (secondary N) is 1. The van der Waals surface area contributed by atoms with Gasteiger partial charge >= 0.3 is 6.18 Å². The van der Waals surface area contributed by atoms with E-state index in [0.29, 0.717) is 25.3 Å². The van der Waals surface area contributed by atoms with Crippen LogP contribution in [-0.4, -0.2) is 36.4 Å². The maximum Gasteiger partial charge on any atom is 0.416 e. The molecule has 0 aliphatic heterocycles. The lowest BCUT2D eigenvalue weighted by atomic mass is 9.81. The number of carbonyl (C=O) groups excluding carboxylic acids is 1. The normalized spacial score (nSPS) is 26.7. The Labute approximate surface area is 104 Å². The minimum atomic E-state index is -4.69. The third-order valence-electron chi connectivity index (χ3n) is 3.40. The molecule has 1 unspecified atom stereocenters. The summed E-state index contributed by atoms with van der Waals surface area (Å²) < 4.78 is 36.1. The Balaban J connectivity index is 2.30. The van der Waals surface area contributed by atoms with Crippen LogP contribution in [0.25, 0.3) is 0 Å². The van der Waals surface area contributed by atoms with Crippen molar-refractivity contribution < 1.29 is 23.1 Å². The molecule has 1 rings (SSSR count). The van der Waals surface area contributed by atoms with Crippen molar-refractivity contribution in [3.8, 4) is 0 Å². The summed E-state index contributed by atoms with van der Waals surface area (Å²) in [6.45, 7) is -0.194. The molecule has 0 heterocycles. The first kappa shape index (κ1) is 15.2. The van der Waals surface area contributed by atoms with Gasteiger partial charge in [-0.25, -0.2) is 0 Å². The second-order valence-corrected chi connectivity index (χ2v) is 4.76. The zero-order valence-corrected chi connectivity index (χ0v) is 10.0. The molecule has 0 spiro atoms. The fourth-order valence-corrected chi connectivity index (χ4v) is 2.12. The Bertz CT molecular complexity index is 276. The number of hydrogen-bond donors (Lipinski definition) is 3. The highest BCUT2D eigenvalue weighted by atomic mass is 19.4. The molecule has 1 saturated carbocycles. The molecule has 4 N–H and O–H groups in total. The van der Waals surface area contributed by atoms with Gasteiger partial charge in [0, 0.05) is 5.92 Å². The quantitative estimate of drug-likeness (QED) is 0.705. The summed E-state index contributed by atoms with van der Waals surface area (Å²) in [6, 6.07) is 0. The lowest BCUT2D eigenvalue weighted by molar-refractivity contribution is -0.202. The number of aliphatic hydroxyl groups is 1. The molecule has 0 radical (unpaired) electrons. The summed E-state index contributed by atoms with van der Waals surface area (Å²) in [5.41, 5.74) is 5.51. The Morgan fingerprint density at radius 1 is 1.33 bits per heavy atom. The molecule has 106 valence electrons. The number of rotatable bonds is 4. The summed E-state index contributed by atoms with van der Waals surface area (Å²) in [4.78, 5) is 11.6. The van der Waals surface area contributed by atoms with Crippen LogP contribution in [-0.2, 0) is 4.79 Å². The summed E-state index contributed by atoms with van der Waals surface area (Å²) in [5.74, 6) is -0.253. The zero-order chi connectivity index (χ0) is 13.8. The van der Waals surface area contributed by atoms with Crippen LogP contribution in [0.2, 0.25) is 0 Å². The number of alkyl halides is 3. The Morgan fingerprint density at radius 3 is 2.33 bits per heavy atom. The molecule has 1 amide bonds. The average Bonchev–Trinajstić information content (AvgIpc) is 2.34. The van der Waals surface area contributed by atoms with Crippen molar-refractivity contribution in [1.29, 1.82) is 0 Å². The third kappa shape index (κ3) is 4.45. The maximum atomic E-state index is 12.0. The highest BCUT2D eigenvalue weighted by molar-refractivity contribution is 5.78. The molecule has 0 bridgehead atoms. The number of halogens is 3. The topological polar surface area (TPSA) is 75.4 Å². The van der Waals surface area contributed by atoms with Crippen molar-refractivity contribution in [2.75, 3.05) is 13.1 Å². The van der Waals surface area contributed by atoms with Gasteiger partial charge in [0.05, 0.1) is 6.54 Å². The van der Waals surface area contributed by atoms with E-state index in [1.54, 1.807) is 0 Å². The van der Waals surface area contributed by atoms with Crippen LogP contribution in [0.3, 0.4) is 0 Å². The first-order valence-corrected chi connectivity index (χ1v) is 6.07. The fraction of sp³-hybridized carbons (Fsp3) is 0.909. The minimum Gasteiger partial charge on any atom is -0.382 e. The van der Waals surface area contributed by atoms with E-state index in [9.17, 15) is 18.0 Å². The van der Waals surface area contributed by atoms with Gasteiger partial charge in [0.15, 0.2) is 6.10 Å². The summed E-state index contributed by atoms with van der Waals surface area (Å²) in [7, 11) is 0. The number of amides is 1. The lowest BCUT2D eigenvalue weighted by Gasteiger charge is -2.27. The Hall–Kier alpha value is -0.820. The van der Waals surface area contributed by atoms with Crippen molar-refractivity contribution in [1.82, 2.24) is 5.32 Å². The van der Waals surface area contributed by atoms with Crippen molar-refractivity contribution >= 4 is 5.91 Å². The number of carbonyl (C=O) groups is 1. The minimum absolute atomic E-state index is 0.256. The highest BCUT2D eigenvalue weighted by Gasteiger charge is 2.38. The fourth-order valence-electron chi connectivity index (χ4n) is 2.12. The predicted octanol–water partition coefficient (Wildman–Crippen LogP) is 0.791. The van der Waals surface area contributed by atoms with E-state index >= 15 is 0 Å². The van der Waals surface area contributed by atoms with Crippen LogP contribution in [0.4, 0.5) is 13.2 Å². The summed E-state index contributed by atoms with van der Waals surface area (Å²) in [5, 5.41) is 10.9. The molecular formula is C11H19F3N2O2.